The summed E-state index contributed by atoms with van der Waals surface area (Å²) in [6.07, 6.45) is 9.79. The Kier molecular flexibility index (Phi) is 4.19. The zero-order valence-corrected chi connectivity index (χ0v) is 18.2. The molecular weight excluding hydrogens is 420 g/mol. The maximum Gasteiger partial charge on any atom is 0.259 e. The average Bonchev–Trinajstić information content (AvgIpc) is 3.71. The fourth-order valence-electron chi connectivity index (χ4n) is 5.02. The first-order valence-electron chi connectivity index (χ1n) is 11.8. The van der Waals surface area contributed by atoms with E-state index in [9.17, 15) is 4.79 Å². The van der Waals surface area contributed by atoms with Gasteiger partial charge in [-0.05, 0) is 56.7 Å². The predicted octanol–water partition coefficient (Wildman–Crippen LogP) is 4.31. The van der Waals surface area contributed by atoms with Crippen molar-refractivity contribution in [3.63, 3.8) is 0 Å². The molecule has 33 heavy (non-hydrogen) atoms. The van der Waals surface area contributed by atoms with Crippen LogP contribution in [0.2, 0.25) is 0 Å². The molecule has 4 aromatic heterocycles. The Morgan fingerprint density at radius 3 is 2.64 bits per heavy atom. The van der Waals surface area contributed by atoms with Crippen molar-refractivity contribution in [3.8, 4) is 11.5 Å². The summed E-state index contributed by atoms with van der Waals surface area (Å²) in [7, 11) is 0. The molecule has 4 aromatic rings. The van der Waals surface area contributed by atoms with Crippen molar-refractivity contribution >= 4 is 17.0 Å². The van der Waals surface area contributed by atoms with Crippen LogP contribution in [0.1, 0.15) is 78.3 Å². The standard InChI is InChI=1S/C24H24N6O3/c31-24(29-9-7-15(8-10-29)22-27-25-13-30(22)16-5-6-16)17-12-18(19-2-1-11-32-19)26-23-20(17)21(28-33-23)14-3-4-14/h1-2,11-16H,3-10H2. The second-order valence-corrected chi connectivity index (χ2v) is 9.45. The molecule has 5 heterocycles. The number of hydrogen-bond acceptors (Lipinski definition) is 7. The van der Waals surface area contributed by atoms with E-state index in [0.29, 0.717) is 53.7 Å². The molecule has 1 aliphatic heterocycles. The van der Waals surface area contributed by atoms with Gasteiger partial charge >= 0.3 is 0 Å². The second-order valence-electron chi connectivity index (χ2n) is 9.45. The van der Waals surface area contributed by atoms with Gasteiger partial charge in [0.25, 0.3) is 11.6 Å². The van der Waals surface area contributed by atoms with Crippen LogP contribution in [0, 0.1) is 0 Å². The van der Waals surface area contributed by atoms with Crippen LogP contribution in [-0.4, -0.2) is 48.8 Å². The maximum atomic E-state index is 13.8. The summed E-state index contributed by atoms with van der Waals surface area (Å²) in [4.78, 5) is 20.3. The highest BCUT2D eigenvalue weighted by atomic mass is 16.5. The lowest BCUT2D eigenvalue weighted by molar-refractivity contribution is 0.0712. The number of amides is 1. The van der Waals surface area contributed by atoms with E-state index < -0.39 is 0 Å². The van der Waals surface area contributed by atoms with Crippen LogP contribution < -0.4 is 0 Å². The molecule has 3 aliphatic rings. The summed E-state index contributed by atoms with van der Waals surface area (Å²) < 4.78 is 13.4. The normalized spacial score (nSPS) is 19.5. The highest BCUT2D eigenvalue weighted by Crippen LogP contribution is 2.44. The Morgan fingerprint density at radius 2 is 1.91 bits per heavy atom. The number of carbonyl (C=O) groups excluding carboxylic acids is 1. The number of rotatable bonds is 5. The summed E-state index contributed by atoms with van der Waals surface area (Å²) in [6, 6.07) is 6.04. The van der Waals surface area contributed by atoms with E-state index >= 15 is 0 Å². The minimum absolute atomic E-state index is 0.00224. The van der Waals surface area contributed by atoms with E-state index in [2.05, 4.69) is 24.9 Å². The van der Waals surface area contributed by atoms with E-state index in [1.807, 2.05) is 29.4 Å². The van der Waals surface area contributed by atoms with Gasteiger partial charge < -0.3 is 18.4 Å². The van der Waals surface area contributed by atoms with E-state index in [1.165, 1.54) is 12.8 Å². The van der Waals surface area contributed by atoms with Gasteiger partial charge in [-0.3, -0.25) is 4.79 Å². The third kappa shape index (κ3) is 3.25. The Balaban J connectivity index is 1.20. The molecule has 168 valence electrons. The maximum absolute atomic E-state index is 13.8. The van der Waals surface area contributed by atoms with E-state index in [-0.39, 0.29) is 5.91 Å². The lowest BCUT2D eigenvalue weighted by Gasteiger charge is -2.32. The minimum Gasteiger partial charge on any atom is -0.463 e. The number of likely N-dealkylation sites (tertiary alicyclic amines) is 1. The number of piperidine rings is 1. The Hall–Kier alpha value is -3.49. The summed E-state index contributed by atoms with van der Waals surface area (Å²) in [5.41, 5.74) is 2.46. The molecule has 1 amide bonds. The highest BCUT2D eigenvalue weighted by Gasteiger charge is 2.35. The summed E-state index contributed by atoms with van der Waals surface area (Å²) in [6.45, 7) is 1.37. The number of carbonyl (C=O) groups is 1. The van der Waals surface area contributed by atoms with Crippen molar-refractivity contribution in [1.82, 2.24) is 29.8 Å². The second kappa shape index (κ2) is 7.26. The molecule has 2 saturated carbocycles. The largest absolute Gasteiger partial charge is 0.463 e. The molecule has 0 N–H and O–H groups in total. The van der Waals surface area contributed by atoms with E-state index in [0.717, 1.165) is 42.6 Å². The Bertz CT molecular complexity index is 1320. The summed E-state index contributed by atoms with van der Waals surface area (Å²) >= 11 is 0. The number of aromatic nitrogens is 5. The van der Waals surface area contributed by atoms with Gasteiger partial charge in [0.2, 0.25) is 0 Å². The van der Waals surface area contributed by atoms with Crippen molar-refractivity contribution < 1.29 is 13.7 Å². The number of pyridine rings is 1. The third-order valence-corrected chi connectivity index (χ3v) is 7.13. The Labute approximate surface area is 189 Å². The highest BCUT2D eigenvalue weighted by molar-refractivity contribution is 6.07. The first kappa shape index (κ1) is 19.0. The van der Waals surface area contributed by atoms with Crippen LogP contribution in [-0.2, 0) is 0 Å². The zero-order chi connectivity index (χ0) is 21.9. The molecule has 0 spiro atoms. The van der Waals surface area contributed by atoms with Crippen LogP contribution in [0.3, 0.4) is 0 Å². The van der Waals surface area contributed by atoms with E-state index in [4.69, 9.17) is 8.94 Å². The number of hydrogen-bond donors (Lipinski definition) is 0. The van der Waals surface area contributed by atoms with Crippen LogP contribution in [0.4, 0.5) is 0 Å². The van der Waals surface area contributed by atoms with Gasteiger partial charge in [0, 0.05) is 31.0 Å². The fraction of sp³-hybridized carbons (Fsp3) is 0.458. The molecule has 0 radical (unpaired) electrons. The molecule has 3 fully saturated rings. The van der Waals surface area contributed by atoms with Gasteiger partial charge in [-0.25, -0.2) is 4.98 Å². The SMILES string of the molecule is O=C(c1cc(-c2ccco2)nc2onc(C3CC3)c12)N1CCC(c2nncn2C2CC2)CC1. The molecule has 0 unspecified atom stereocenters. The molecule has 9 heteroatoms. The van der Waals surface area contributed by atoms with Crippen LogP contribution in [0.15, 0.2) is 39.7 Å². The van der Waals surface area contributed by atoms with Gasteiger partial charge in [0.05, 0.1) is 22.9 Å². The summed E-state index contributed by atoms with van der Waals surface area (Å²) in [5, 5.41) is 13.6. The topological polar surface area (TPSA) is 103 Å². The number of nitrogens with zero attached hydrogens (tertiary/aromatic N) is 6. The first-order chi connectivity index (χ1) is 16.3. The lowest BCUT2D eigenvalue weighted by Crippen LogP contribution is -2.38. The van der Waals surface area contributed by atoms with Crippen LogP contribution in [0.25, 0.3) is 22.6 Å². The van der Waals surface area contributed by atoms with Gasteiger partial charge in [-0.1, -0.05) is 5.16 Å². The monoisotopic (exact) mass is 444 g/mol. The molecule has 7 rings (SSSR count). The number of fused-ring (bicyclic) bond motifs is 1. The smallest absolute Gasteiger partial charge is 0.259 e. The zero-order valence-electron chi connectivity index (χ0n) is 18.2. The van der Waals surface area contributed by atoms with Crippen molar-refractivity contribution in [2.24, 2.45) is 0 Å². The molecule has 2 aliphatic carbocycles. The van der Waals surface area contributed by atoms with Gasteiger partial charge in [-0.15, -0.1) is 10.2 Å². The van der Waals surface area contributed by atoms with Crippen molar-refractivity contribution in [3.05, 3.63) is 47.9 Å². The number of furan rings is 1. The minimum atomic E-state index is 0.00224. The first-order valence-corrected chi connectivity index (χ1v) is 11.8. The fourth-order valence-corrected chi connectivity index (χ4v) is 5.02. The van der Waals surface area contributed by atoms with Crippen LogP contribution in [0.5, 0.6) is 0 Å². The van der Waals surface area contributed by atoms with Gasteiger partial charge in [0.1, 0.15) is 17.8 Å². The Morgan fingerprint density at radius 1 is 1.06 bits per heavy atom. The van der Waals surface area contributed by atoms with Crippen molar-refractivity contribution in [2.45, 2.75) is 56.4 Å². The molecule has 0 aromatic carbocycles. The van der Waals surface area contributed by atoms with E-state index in [1.54, 1.807) is 6.26 Å². The van der Waals surface area contributed by atoms with Crippen molar-refractivity contribution in [1.29, 1.82) is 0 Å². The third-order valence-electron chi connectivity index (χ3n) is 7.13. The lowest BCUT2D eigenvalue weighted by atomic mass is 9.95. The molecule has 0 atom stereocenters. The molecule has 0 bridgehead atoms. The molecule has 1 saturated heterocycles. The average molecular weight is 444 g/mol. The van der Waals surface area contributed by atoms with Crippen molar-refractivity contribution in [2.75, 3.05) is 13.1 Å². The van der Waals surface area contributed by atoms with Gasteiger partial charge in [0.15, 0.2) is 5.76 Å². The van der Waals surface area contributed by atoms with Gasteiger partial charge in [-0.2, -0.15) is 0 Å². The molecule has 9 nitrogen and oxygen atoms in total. The van der Waals surface area contributed by atoms with Crippen LogP contribution >= 0.6 is 0 Å². The molecular formula is C24H24N6O3. The predicted molar refractivity (Wildman–Crippen MR) is 118 cm³/mol. The summed E-state index contributed by atoms with van der Waals surface area (Å²) in [5.74, 6) is 2.38. The quantitative estimate of drug-likeness (QED) is 0.452.